The molecule has 0 saturated carbocycles. The van der Waals surface area contributed by atoms with E-state index in [-0.39, 0.29) is 17.1 Å². The van der Waals surface area contributed by atoms with Crippen molar-refractivity contribution >= 4 is 16.8 Å². The van der Waals surface area contributed by atoms with E-state index in [1.807, 2.05) is 36.4 Å². The van der Waals surface area contributed by atoms with Crippen LogP contribution in [0.1, 0.15) is 51.2 Å². The molecule has 3 nitrogen and oxygen atoms in total. The van der Waals surface area contributed by atoms with Gasteiger partial charge in [-0.3, -0.25) is 9.59 Å². The van der Waals surface area contributed by atoms with Crippen LogP contribution in [0.3, 0.4) is 0 Å². The van der Waals surface area contributed by atoms with E-state index in [9.17, 15) is 9.59 Å². The molecule has 0 amide bonds. The predicted molar refractivity (Wildman–Crippen MR) is 126 cm³/mol. The van der Waals surface area contributed by atoms with Crippen LogP contribution >= 0.6 is 0 Å². The summed E-state index contributed by atoms with van der Waals surface area (Å²) in [5, 5.41) is 0.577. The Kier molecular flexibility index (Phi) is 4.09. The van der Waals surface area contributed by atoms with Crippen molar-refractivity contribution < 1.29 is 9.21 Å². The van der Waals surface area contributed by atoms with Gasteiger partial charge in [0.25, 0.3) is 0 Å². The van der Waals surface area contributed by atoms with Gasteiger partial charge in [0.15, 0.2) is 11.2 Å². The lowest BCUT2D eigenvalue weighted by Gasteiger charge is -2.30. The Morgan fingerprint density at radius 1 is 0.844 bits per heavy atom. The van der Waals surface area contributed by atoms with Crippen LogP contribution in [0.4, 0.5) is 0 Å². The molecule has 2 aliphatic rings. The van der Waals surface area contributed by atoms with Crippen LogP contribution in [0.2, 0.25) is 0 Å². The van der Waals surface area contributed by atoms with Crippen molar-refractivity contribution in [1.82, 2.24) is 0 Å². The zero-order valence-corrected chi connectivity index (χ0v) is 18.1. The number of ketones is 1. The Morgan fingerprint density at radius 2 is 1.69 bits per heavy atom. The van der Waals surface area contributed by atoms with E-state index in [0.29, 0.717) is 23.2 Å². The minimum Gasteiger partial charge on any atom is -0.461 e. The number of hydrogen-bond donors (Lipinski definition) is 0. The molecule has 3 heteroatoms. The number of allylic oxidation sites excluding steroid dienone is 2. The van der Waals surface area contributed by atoms with Gasteiger partial charge in [-0.2, -0.15) is 0 Å². The van der Waals surface area contributed by atoms with Crippen molar-refractivity contribution in [2.45, 2.75) is 32.6 Å². The Morgan fingerprint density at radius 3 is 2.56 bits per heavy atom. The van der Waals surface area contributed by atoms with E-state index in [1.165, 1.54) is 17.2 Å². The van der Waals surface area contributed by atoms with Gasteiger partial charge in [0, 0.05) is 29.5 Å². The fourth-order valence-electron chi connectivity index (χ4n) is 5.43. The van der Waals surface area contributed by atoms with E-state index in [2.05, 4.69) is 31.2 Å². The minimum absolute atomic E-state index is 0.0394. The first kappa shape index (κ1) is 19.0. The van der Waals surface area contributed by atoms with Crippen molar-refractivity contribution in [3.05, 3.63) is 116 Å². The molecule has 2 aliphatic carbocycles. The first-order valence-corrected chi connectivity index (χ1v) is 11.0. The van der Waals surface area contributed by atoms with Gasteiger partial charge in [0.1, 0.15) is 11.3 Å². The van der Waals surface area contributed by atoms with Crippen LogP contribution < -0.4 is 5.43 Å². The molecule has 0 radical (unpaired) electrons. The summed E-state index contributed by atoms with van der Waals surface area (Å²) in [6, 6.07) is 19.7. The number of rotatable bonds is 1. The summed E-state index contributed by atoms with van der Waals surface area (Å²) in [7, 11) is 0. The van der Waals surface area contributed by atoms with E-state index in [1.54, 1.807) is 6.92 Å². The third-order valence-electron chi connectivity index (χ3n) is 6.75. The highest BCUT2D eigenvalue weighted by molar-refractivity contribution is 6.09. The van der Waals surface area contributed by atoms with E-state index >= 15 is 0 Å². The quantitative estimate of drug-likeness (QED) is 0.349. The highest BCUT2D eigenvalue weighted by atomic mass is 16.3. The lowest BCUT2D eigenvalue weighted by Crippen LogP contribution is -2.21. The summed E-state index contributed by atoms with van der Waals surface area (Å²) >= 11 is 0. The van der Waals surface area contributed by atoms with Crippen molar-refractivity contribution in [1.29, 1.82) is 0 Å². The average Bonchev–Trinajstić information content (AvgIpc) is 2.77. The maximum Gasteiger partial charge on any atom is 0.192 e. The summed E-state index contributed by atoms with van der Waals surface area (Å²) in [6.45, 7) is 3.93. The van der Waals surface area contributed by atoms with Crippen molar-refractivity contribution in [2.24, 2.45) is 0 Å². The van der Waals surface area contributed by atoms with E-state index < -0.39 is 0 Å². The zero-order valence-electron chi connectivity index (χ0n) is 18.1. The van der Waals surface area contributed by atoms with Crippen LogP contribution in [0.5, 0.6) is 0 Å². The zero-order chi connectivity index (χ0) is 22.0. The van der Waals surface area contributed by atoms with Crippen molar-refractivity contribution in [3.8, 4) is 11.1 Å². The van der Waals surface area contributed by atoms with Gasteiger partial charge in [0.05, 0.1) is 5.39 Å². The summed E-state index contributed by atoms with van der Waals surface area (Å²) in [5.74, 6) is 0.606. The Balaban J connectivity index is 1.68. The van der Waals surface area contributed by atoms with E-state index in [0.717, 1.165) is 39.8 Å². The molecule has 0 saturated heterocycles. The van der Waals surface area contributed by atoms with Gasteiger partial charge in [-0.25, -0.2) is 0 Å². The molecule has 1 aromatic heterocycles. The van der Waals surface area contributed by atoms with Gasteiger partial charge >= 0.3 is 0 Å². The van der Waals surface area contributed by atoms with Crippen LogP contribution in [0, 0.1) is 6.92 Å². The summed E-state index contributed by atoms with van der Waals surface area (Å²) in [4.78, 5) is 26.1. The lowest BCUT2D eigenvalue weighted by atomic mass is 9.72. The first-order chi connectivity index (χ1) is 15.5. The number of para-hydroxylation sites is 1. The van der Waals surface area contributed by atoms with Gasteiger partial charge < -0.3 is 4.42 Å². The Bertz CT molecular complexity index is 1530. The minimum atomic E-state index is -0.142. The molecule has 6 rings (SSSR count). The Hall–Kier alpha value is -3.72. The normalized spacial score (nSPS) is 16.9. The smallest absolute Gasteiger partial charge is 0.192 e. The third-order valence-corrected chi connectivity index (χ3v) is 6.75. The number of aryl methyl sites for hydroxylation is 1. The molecule has 1 unspecified atom stereocenters. The number of benzene rings is 3. The fraction of sp³-hybridized carbons (Fsp3) is 0.172. The summed E-state index contributed by atoms with van der Waals surface area (Å²) < 4.78 is 6.09. The van der Waals surface area contributed by atoms with Crippen molar-refractivity contribution in [2.75, 3.05) is 0 Å². The fourth-order valence-corrected chi connectivity index (χ4v) is 5.43. The molecule has 0 N–H and O–H groups in total. The number of carbonyl (C=O) groups excluding carboxylic acids is 1. The topological polar surface area (TPSA) is 47.3 Å². The second kappa shape index (κ2) is 6.89. The second-order valence-corrected chi connectivity index (χ2v) is 8.93. The molecule has 0 fully saturated rings. The van der Waals surface area contributed by atoms with Crippen LogP contribution in [-0.4, -0.2) is 5.78 Å². The molecule has 1 heterocycles. The predicted octanol–water partition coefficient (Wildman–Crippen LogP) is 6.14. The number of carbonyl (C=O) groups is 1. The maximum absolute atomic E-state index is 13.5. The molecule has 0 spiro atoms. The molecule has 4 aromatic rings. The van der Waals surface area contributed by atoms with Crippen LogP contribution in [0.25, 0.3) is 22.1 Å². The molecule has 32 heavy (non-hydrogen) atoms. The number of hydrogen-bond acceptors (Lipinski definition) is 3. The first-order valence-electron chi connectivity index (χ1n) is 11.0. The Labute approximate surface area is 186 Å². The number of fused-ring (bicyclic) bond motifs is 6. The monoisotopic (exact) mass is 418 g/mol. The highest BCUT2D eigenvalue weighted by Crippen LogP contribution is 2.45. The van der Waals surface area contributed by atoms with Gasteiger partial charge in [-0.05, 0) is 54.2 Å². The lowest BCUT2D eigenvalue weighted by molar-refractivity contribution is 0.0990. The molecular formula is C29H22O3. The molecule has 0 bridgehead atoms. The molecule has 1 atom stereocenters. The van der Waals surface area contributed by atoms with Crippen LogP contribution in [-0.2, 0) is 12.8 Å². The van der Waals surface area contributed by atoms with E-state index in [4.69, 9.17) is 4.42 Å². The average molecular weight is 418 g/mol. The van der Waals surface area contributed by atoms with Gasteiger partial charge in [-0.15, -0.1) is 0 Å². The molecule has 0 aliphatic heterocycles. The molecule has 3 aromatic carbocycles. The standard InChI is InChI=1S/C29H22O3/c1-16-12-19-10-11-21-20-7-4-3-6-18(20)15-26(31)28(21)27(19)24(13-16)22-8-5-9-23-25(30)14-17(2)32-29(22)23/h3-11,13-14,24H,12,15H2,1-2H3. The largest absolute Gasteiger partial charge is 0.461 e. The van der Waals surface area contributed by atoms with Gasteiger partial charge in [0.2, 0.25) is 0 Å². The number of Topliss-reactive ketones (excluding diaryl/α,β-unsaturated/α-hetero) is 1. The van der Waals surface area contributed by atoms with Crippen molar-refractivity contribution in [3.63, 3.8) is 0 Å². The molecule has 156 valence electrons. The highest BCUT2D eigenvalue weighted by Gasteiger charge is 2.32. The third kappa shape index (κ3) is 2.74. The molecular weight excluding hydrogens is 396 g/mol. The summed E-state index contributed by atoms with van der Waals surface area (Å²) in [5.41, 5.74) is 9.03. The maximum atomic E-state index is 13.5. The van der Waals surface area contributed by atoms with Gasteiger partial charge in [-0.1, -0.05) is 60.2 Å². The second-order valence-electron chi connectivity index (χ2n) is 8.93. The summed E-state index contributed by atoms with van der Waals surface area (Å²) in [6.07, 6.45) is 3.47. The SMILES string of the molecule is CC1=CC(c2cccc3c(=O)cc(C)oc23)c2c(ccc3c2C(=O)Cc2ccccc2-3)C1. The van der Waals surface area contributed by atoms with Crippen LogP contribution in [0.15, 0.2) is 81.5 Å².